The molecular weight excluding hydrogens is 232 g/mol. The monoisotopic (exact) mass is 252 g/mol. The third kappa shape index (κ3) is 2.87. The molecule has 1 aromatic heterocycles. The second-order valence-electron chi connectivity index (χ2n) is 4.38. The lowest BCUT2D eigenvalue weighted by atomic mass is 10.2. The number of carbonyl (C=O) groups is 1. The van der Waals surface area contributed by atoms with Gasteiger partial charge in [-0.2, -0.15) is 0 Å². The molecule has 4 heteroatoms. The third-order valence-corrected chi connectivity index (χ3v) is 4.37. The minimum absolute atomic E-state index is 0.0469. The average Bonchev–Trinajstić information content (AvgIpc) is 2.91. The molecule has 0 aliphatic carbocycles. The molecule has 0 aromatic carbocycles. The fourth-order valence-electron chi connectivity index (χ4n) is 2.22. The van der Waals surface area contributed by atoms with Gasteiger partial charge in [0.15, 0.2) is 0 Å². The first-order valence-electron chi connectivity index (χ1n) is 6.34. The van der Waals surface area contributed by atoms with Crippen LogP contribution in [0.1, 0.15) is 30.0 Å². The molecule has 1 atom stereocenters. The summed E-state index contributed by atoms with van der Waals surface area (Å²) in [4.78, 5) is 16.7. The fraction of sp³-hybridized carbons (Fsp3) is 0.615. The summed E-state index contributed by atoms with van der Waals surface area (Å²) in [5.41, 5.74) is 0. The number of aryl methyl sites for hydroxylation is 1. The number of likely N-dealkylation sites (N-methyl/N-ethyl adjacent to an activating group) is 1. The Labute approximate surface area is 107 Å². The highest BCUT2D eigenvalue weighted by molar-refractivity contribution is 7.11. The number of carbonyl (C=O) groups excluding carboxylic acids is 1. The predicted octanol–water partition coefficient (Wildman–Crippen LogP) is 2.02. The number of nitrogens with one attached hydrogen (secondary N) is 1. The lowest BCUT2D eigenvalue weighted by molar-refractivity contribution is -0.129. The summed E-state index contributed by atoms with van der Waals surface area (Å²) >= 11 is 1.82. The Hall–Kier alpha value is -0.870. The molecule has 1 aliphatic rings. The van der Waals surface area contributed by atoms with Crippen molar-refractivity contribution in [2.75, 3.05) is 13.1 Å². The molecule has 3 nitrogen and oxygen atoms in total. The van der Waals surface area contributed by atoms with E-state index in [1.54, 1.807) is 0 Å². The van der Waals surface area contributed by atoms with Crippen molar-refractivity contribution < 1.29 is 4.79 Å². The van der Waals surface area contributed by atoms with Gasteiger partial charge in [-0.05, 0) is 31.5 Å². The lowest BCUT2D eigenvalue weighted by Crippen LogP contribution is -2.37. The van der Waals surface area contributed by atoms with Crippen LogP contribution in [0.25, 0.3) is 0 Å². The first-order valence-corrected chi connectivity index (χ1v) is 7.16. The molecule has 0 radical (unpaired) electrons. The van der Waals surface area contributed by atoms with Gasteiger partial charge in [0.2, 0.25) is 5.91 Å². The van der Waals surface area contributed by atoms with Crippen LogP contribution < -0.4 is 5.32 Å². The molecule has 0 bridgehead atoms. The number of hydrogen-bond donors (Lipinski definition) is 1. The number of nitrogens with zero attached hydrogens (tertiary/aromatic N) is 1. The number of likely N-dealkylation sites (tertiary alicyclic amines) is 1. The van der Waals surface area contributed by atoms with Gasteiger partial charge in [0, 0.05) is 16.3 Å². The summed E-state index contributed by atoms with van der Waals surface area (Å²) in [7, 11) is 0. The average molecular weight is 252 g/mol. The van der Waals surface area contributed by atoms with Crippen molar-refractivity contribution in [3.05, 3.63) is 21.9 Å². The first kappa shape index (κ1) is 12.6. The van der Waals surface area contributed by atoms with Gasteiger partial charge in [0.25, 0.3) is 0 Å². The van der Waals surface area contributed by atoms with Gasteiger partial charge in [-0.1, -0.05) is 13.8 Å². The van der Waals surface area contributed by atoms with Gasteiger partial charge in [-0.3, -0.25) is 4.79 Å². The fourth-order valence-corrected chi connectivity index (χ4v) is 3.19. The van der Waals surface area contributed by atoms with E-state index in [9.17, 15) is 4.79 Å². The zero-order chi connectivity index (χ0) is 12.3. The largest absolute Gasteiger partial charge is 0.336 e. The quantitative estimate of drug-likeness (QED) is 0.869. The maximum absolute atomic E-state index is 12.0. The van der Waals surface area contributed by atoms with Gasteiger partial charge >= 0.3 is 0 Å². The maximum Gasteiger partial charge on any atom is 0.240 e. The Kier molecular flexibility index (Phi) is 4.18. The van der Waals surface area contributed by atoms with Gasteiger partial charge in [0.1, 0.15) is 0 Å². The molecule has 94 valence electrons. The lowest BCUT2D eigenvalue weighted by Gasteiger charge is -2.15. The standard InChI is InChI=1S/C13H20N2OS/c1-3-10-5-6-11(17-10)9-15-8-7-12(13(15)16)14-4-2/h5-6,12,14H,3-4,7-9H2,1-2H3. The SMILES string of the molecule is CCNC1CCN(Cc2ccc(CC)s2)C1=O. The molecule has 0 spiro atoms. The molecule has 1 unspecified atom stereocenters. The molecule has 17 heavy (non-hydrogen) atoms. The van der Waals surface area contributed by atoms with E-state index in [1.807, 2.05) is 23.2 Å². The van der Waals surface area contributed by atoms with Gasteiger partial charge in [-0.15, -0.1) is 11.3 Å². The normalized spacial score (nSPS) is 20.2. The van der Waals surface area contributed by atoms with Crippen molar-refractivity contribution in [1.82, 2.24) is 10.2 Å². The van der Waals surface area contributed by atoms with Crippen molar-refractivity contribution in [2.24, 2.45) is 0 Å². The Morgan fingerprint density at radius 3 is 2.82 bits per heavy atom. The predicted molar refractivity (Wildman–Crippen MR) is 71.2 cm³/mol. The minimum atomic E-state index is 0.0469. The summed E-state index contributed by atoms with van der Waals surface area (Å²) in [5.74, 6) is 0.262. The van der Waals surface area contributed by atoms with E-state index in [4.69, 9.17) is 0 Å². The van der Waals surface area contributed by atoms with E-state index in [0.717, 1.165) is 32.5 Å². The van der Waals surface area contributed by atoms with E-state index in [2.05, 4.69) is 24.4 Å². The van der Waals surface area contributed by atoms with E-state index >= 15 is 0 Å². The first-order chi connectivity index (χ1) is 8.24. The van der Waals surface area contributed by atoms with Crippen molar-refractivity contribution in [3.8, 4) is 0 Å². The Balaban J connectivity index is 1.94. The van der Waals surface area contributed by atoms with Crippen molar-refractivity contribution >= 4 is 17.2 Å². The summed E-state index contributed by atoms with van der Waals surface area (Å²) in [6.07, 6.45) is 2.03. The number of hydrogen-bond acceptors (Lipinski definition) is 3. The summed E-state index contributed by atoms with van der Waals surface area (Å²) in [6.45, 7) is 6.74. The van der Waals surface area contributed by atoms with Crippen LogP contribution in [0, 0.1) is 0 Å². The zero-order valence-corrected chi connectivity index (χ0v) is 11.3. The molecular formula is C13H20N2OS. The molecule has 0 saturated carbocycles. The summed E-state index contributed by atoms with van der Waals surface area (Å²) < 4.78 is 0. The molecule has 2 rings (SSSR count). The molecule has 1 saturated heterocycles. The van der Waals surface area contributed by atoms with Crippen LogP contribution in [0.2, 0.25) is 0 Å². The van der Waals surface area contributed by atoms with Crippen LogP contribution >= 0.6 is 11.3 Å². The Morgan fingerprint density at radius 1 is 1.41 bits per heavy atom. The zero-order valence-electron chi connectivity index (χ0n) is 10.5. The van der Waals surface area contributed by atoms with E-state index in [-0.39, 0.29) is 11.9 Å². The van der Waals surface area contributed by atoms with Crippen molar-refractivity contribution in [2.45, 2.75) is 39.3 Å². The molecule has 2 heterocycles. The minimum Gasteiger partial charge on any atom is -0.336 e. The summed E-state index contributed by atoms with van der Waals surface area (Å²) in [6, 6.07) is 4.37. The Morgan fingerprint density at radius 2 is 2.18 bits per heavy atom. The molecule has 1 aromatic rings. The van der Waals surface area contributed by atoms with E-state index < -0.39 is 0 Å². The highest BCUT2D eigenvalue weighted by atomic mass is 32.1. The van der Waals surface area contributed by atoms with Crippen LogP contribution in [0.5, 0.6) is 0 Å². The van der Waals surface area contributed by atoms with Crippen molar-refractivity contribution in [3.63, 3.8) is 0 Å². The number of rotatable bonds is 5. The van der Waals surface area contributed by atoms with Crippen LogP contribution in [0.15, 0.2) is 12.1 Å². The van der Waals surface area contributed by atoms with Crippen LogP contribution in [0.4, 0.5) is 0 Å². The molecule has 1 fully saturated rings. The van der Waals surface area contributed by atoms with Crippen LogP contribution in [0.3, 0.4) is 0 Å². The second kappa shape index (κ2) is 5.65. The van der Waals surface area contributed by atoms with E-state index in [1.165, 1.54) is 9.75 Å². The topological polar surface area (TPSA) is 32.3 Å². The van der Waals surface area contributed by atoms with Crippen LogP contribution in [-0.2, 0) is 17.8 Å². The second-order valence-corrected chi connectivity index (χ2v) is 5.63. The summed E-state index contributed by atoms with van der Waals surface area (Å²) in [5, 5.41) is 3.24. The molecule has 1 amide bonds. The smallest absolute Gasteiger partial charge is 0.240 e. The van der Waals surface area contributed by atoms with E-state index in [0.29, 0.717) is 0 Å². The molecule has 1 N–H and O–H groups in total. The maximum atomic E-state index is 12.0. The van der Waals surface area contributed by atoms with Gasteiger partial charge in [0.05, 0.1) is 12.6 Å². The van der Waals surface area contributed by atoms with Crippen molar-refractivity contribution in [1.29, 1.82) is 0 Å². The number of thiophene rings is 1. The molecule has 1 aliphatic heterocycles. The van der Waals surface area contributed by atoms with Gasteiger partial charge in [-0.25, -0.2) is 0 Å². The highest BCUT2D eigenvalue weighted by Crippen LogP contribution is 2.21. The van der Waals surface area contributed by atoms with Crippen LogP contribution in [-0.4, -0.2) is 29.9 Å². The van der Waals surface area contributed by atoms with Gasteiger partial charge < -0.3 is 10.2 Å². The highest BCUT2D eigenvalue weighted by Gasteiger charge is 2.30. The number of amides is 1. The third-order valence-electron chi connectivity index (χ3n) is 3.16. The Bertz CT molecular complexity index is 389.